The average molecular weight is 263 g/mol. The van der Waals surface area contributed by atoms with Crippen molar-refractivity contribution >= 4 is 27.6 Å². The summed E-state index contributed by atoms with van der Waals surface area (Å²) in [5.74, 6) is -0.599. The molecule has 1 heterocycles. The Hall–Kier alpha value is -1.37. The molecule has 7 heteroatoms. The normalized spacial score (nSPS) is 9.86. The van der Waals surface area contributed by atoms with Crippen LogP contribution in [0.2, 0.25) is 0 Å². The molecule has 0 aliphatic heterocycles. The van der Waals surface area contributed by atoms with Crippen LogP contribution in [0.5, 0.6) is 0 Å². The lowest BCUT2D eigenvalue weighted by Crippen LogP contribution is -2.07. The molecule has 0 aliphatic carbocycles. The Kier molecular flexibility index (Phi) is 3.23. The van der Waals surface area contributed by atoms with Crippen LogP contribution in [0.25, 0.3) is 0 Å². The number of alkyl halides is 1. The van der Waals surface area contributed by atoms with Crippen molar-refractivity contribution in [2.75, 3.05) is 7.11 Å². The fourth-order valence-corrected chi connectivity index (χ4v) is 1.38. The first-order valence-corrected chi connectivity index (χ1v) is 4.71. The predicted octanol–water partition coefficient (Wildman–Crippen LogP) is 1.54. The molecular formula is C7H7BrN2O4. The van der Waals surface area contributed by atoms with E-state index >= 15 is 0 Å². The minimum Gasteiger partial charge on any atom is -0.464 e. The number of nitro groups is 1. The topological polar surface area (TPSA) is 74.4 Å². The third-order valence-electron chi connectivity index (χ3n) is 1.62. The van der Waals surface area contributed by atoms with Gasteiger partial charge in [0.15, 0.2) is 0 Å². The molecule has 1 rings (SSSR count). The summed E-state index contributed by atoms with van der Waals surface area (Å²) in [7, 11) is 1.22. The van der Waals surface area contributed by atoms with Crippen molar-refractivity contribution in [2.24, 2.45) is 0 Å². The minimum absolute atomic E-state index is 0.134. The van der Waals surface area contributed by atoms with Gasteiger partial charge in [-0.2, -0.15) is 0 Å². The lowest BCUT2D eigenvalue weighted by atomic mass is 10.4. The Labute approximate surface area is 87.7 Å². The maximum atomic E-state index is 11.1. The molecule has 14 heavy (non-hydrogen) atoms. The molecule has 0 saturated heterocycles. The number of halogens is 1. The highest BCUT2D eigenvalue weighted by molar-refractivity contribution is 9.08. The lowest BCUT2D eigenvalue weighted by Gasteiger charge is -2.00. The van der Waals surface area contributed by atoms with E-state index in [1.165, 1.54) is 23.9 Å². The Morgan fingerprint density at radius 1 is 1.79 bits per heavy atom. The van der Waals surface area contributed by atoms with Gasteiger partial charge < -0.3 is 9.30 Å². The zero-order chi connectivity index (χ0) is 10.7. The van der Waals surface area contributed by atoms with E-state index in [1.807, 2.05) is 0 Å². The average Bonchev–Trinajstić information content (AvgIpc) is 2.60. The number of hydrogen-bond acceptors (Lipinski definition) is 4. The molecule has 0 atom stereocenters. The van der Waals surface area contributed by atoms with Gasteiger partial charge in [0, 0.05) is 6.07 Å². The second-order valence-corrected chi connectivity index (χ2v) is 2.92. The summed E-state index contributed by atoms with van der Waals surface area (Å²) in [6.07, 6.45) is 1.26. The summed E-state index contributed by atoms with van der Waals surface area (Å²) in [5, 5.41) is 10.4. The Balaban J connectivity index is 3.15. The van der Waals surface area contributed by atoms with Crippen LogP contribution in [0.15, 0.2) is 12.3 Å². The monoisotopic (exact) mass is 262 g/mol. The number of methoxy groups -OCH3 is 1. The smallest absolute Gasteiger partial charge is 0.354 e. The third-order valence-corrected chi connectivity index (χ3v) is 2.16. The molecule has 0 radical (unpaired) electrons. The number of ether oxygens (including phenoxy) is 1. The van der Waals surface area contributed by atoms with Crippen molar-refractivity contribution in [1.82, 2.24) is 4.57 Å². The highest BCUT2D eigenvalue weighted by atomic mass is 79.9. The van der Waals surface area contributed by atoms with Gasteiger partial charge in [-0.15, -0.1) is 0 Å². The molecule has 0 bridgehead atoms. The summed E-state index contributed by atoms with van der Waals surface area (Å²) in [6, 6.07) is 1.17. The number of aromatic nitrogens is 1. The molecule has 0 aliphatic rings. The van der Waals surface area contributed by atoms with Crippen LogP contribution in [0.1, 0.15) is 10.5 Å². The molecule has 0 N–H and O–H groups in total. The highest BCUT2D eigenvalue weighted by Crippen LogP contribution is 2.18. The molecule has 0 amide bonds. The van der Waals surface area contributed by atoms with E-state index in [2.05, 4.69) is 20.7 Å². The quantitative estimate of drug-likeness (QED) is 0.358. The van der Waals surface area contributed by atoms with Crippen LogP contribution in [0.4, 0.5) is 5.69 Å². The molecule has 0 fully saturated rings. The van der Waals surface area contributed by atoms with E-state index in [9.17, 15) is 14.9 Å². The molecule has 1 aromatic heterocycles. The van der Waals surface area contributed by atoms with Crippen molar-refractivity contribution in [3.05, 3.63) is 28.1 Å². The maximum absolute atomic E-state index is 11.1. The van der Waals surface area contributed by atoms with Crippen molar-refractivity contribution in [2.45, 2.75) is 5.45 Å². The van der Waals surface area contributed by atoms with Gasteiger partial charge in [0.25, 0.3) is 5.69 Å². The fraction of sp³-hybridized carbons (Fsp3) is 0.286. The van der Waals surface area contributed by atoms with Gasteiger partial charge in [0.2, 0.25) is 0 Å². The van der Waals surface area contributed by atoms with Crippen LogP contribution in [-0.2, 0) is 10.2 Å². The van der Waals surface area contributed by atoms with E-state index in [4.69, 9.17) is 0 Å². The second kappa shape index (κ2) is 4.23. The van der Waals surface area contributed by atoms with Gasteiger partial charge in [-0.3, -0.25) is 10.1 Å². The van der Waals surface area contributed by atoms with Crippen molar-refractivity contribution < 1.29 is 14.5 Å². The number of hydrogen-bond donors (Lipinski definition) is 0. The molecule has 0 spiro atoms. The van der Waals surface area contributed by atoms with Gasteiger partial charge in [-0.25, -0.2) is 4.79 Å². The summed E-state index contributed by atoms with van der Waals surface area (Å²) >= 11 is 3.10. The van der Waals surface area contributed by atoms with Crippen LogP contribution in [0.3, 0.4) is 0 Å². The van der Waals surface area contributed by atoms with E-state index in [1.54, 1.807) is 0 Å². The standard InChI is InChI=1S/C7H7BrN2O4/c1-14-7(11)6-2-5(10(12)13)3-9(6)4-8/h2-3H,4H2,1H3. The van der Waals surface area contributed by atoms with Gasteiger partial charge in [-0.05, 0) is 0 Å². The van der Waals surface area contributed by atoms with E-state index < -0.39 is 10.9 Å². The SMILES string of the molecule is COC(=O)c1cc([N+](=O)[O-])cn1CBr. The largest absolute Gasteiger partial charge is 0.464 e. The molecule has 0 saturated carbocycles. The second-order valence-electron chi connectivity index (χ2n) is 2.42. The number of nitrogens with zero attached hydrogens (tertiary/aromatic N) is 2. The van der Waals surface area contributed by atoms with Gasteiger partial charge in [0.05, 0.1) is 23.7 Å². The van der Waals surface area contributed by atoms with Crippen molar-refractivity contribution in [3.63, 3.8) is 0 Å². The molecule has 0 unspecified atom stereocenters. The molecule has 76 valence electrons. The van der Waals surface area contributed by atoms with Crippen molar-refractivity contribution in [3.8, 4) is 0 Å². The Morgan fingerprint density at radius 2 is 2.43 bits per heavy atom. The van der Waals surface area contributed by atoms with Gasteiger partial charge in [0.1, 0.15) is 5.69 Å². The number of esters is 1. The van der Waals surface area contributed by atoms with E-state index in [0.717, 1.165) is 0 Å². The van der Waals surface area contributed by atoms with Crippen LogP contribution >= 0.6 is 15.9 Å². The number of carbonyl (C=O) groups is 1. The van der Waals surface area contributed by atoms with Gasteiger partial charge >= 0.3 is 5.97 Å². The lowest BCUT2D eigenvalue weighted by molar-refractivity contribution is -0.384. The Bertz CT molecular complexity index is 374. The first-order valence-electron chi connectivity index (χ1n) is 3.59. The third kappa shape index (κ3) is 1.92. The van der Waals surface area contributed by atoms with Crippen LogP contribution in [0, 0.1) is 10.1 Å². The summed E-state index contributed by atoms with van der Waals surface area (Å²) in [4.78, 5) is 21.0. The van der Waals surface area contributed by atoms with E-state index in [0.29, 0.717) is 5.45 Å². The molecule has 1 aromatic rings. The first kappa shape index (κ1) is 10.7. The summed E-state index contributed by atoms with van der Waals surface area (Å²) in [5.41, 5.74) is 0.312. The van der Waals surface area contributed by atoms with Crippen molar-refractivity contribution in [1.29, 1.82) is 0 Å². The Morgan fingerprint density at radius 3 is 2.86 bits per heavy atom. The minimum atomic E-state index is -0.599. The summed E-state index contributed by atoms with van der Waals surface area (Å²) < 4.78 is 5.86. The van der Waals surface area contributed by atoms with Crippen LogP contribution in [-0.4, -0.2) is 22.6 Å². The predicted molar refractivity (Wildman–Crippen MR) is 51.4 cm³/mol. The maximum Gasteiger partial charge on any atom is 0.354 e. The number of rotatable bonds is 3. The summed E-state index contributed by atoms with van der Waals surface area (Å²) in [6.45, 7) is 0. The zero-order valence-electron chi connectivity index (χ0n) is 7.27. The molecule has 6 nitrogen and oxygen atoms in total. The number of carbonyl (C=O) groups excluding carboxylic acids is 1. The highest BCUT2D eigenvalue weighted by Gasteiger charge is 2.18. The van der Waals surface area contributed by atoms with Crippen LogP contribution < -0.4 is 0 Å². The zero-order valence-corrected chi connectivity index (χ0v) is 8.85. The molecule has 0 aromatic carbocycles. The fourth-order valence-electron chi connectivity index (χ4n) is 0.969. The van der Waals surface area contributed by atoms with E-state index in [-0.39, 0.29) is 11.4 Å². The first-order chi connectivity index (χ1) is 6.60. The van der Waals surface area contributed by atoms with Gasteiger partial charge in [-0.1, -0.05) is 15.9 Å². The molecular weight excluding hydrogens is 256 g/mol.